The molecule has 11 heavy (non-hydrogen) atoms. The minimum Gasteiger partial charge on any atom is -0.462 e. The lowest BCUT2D eigenvalue weighted by atomic mass is 10.3. The van der Waals surface area contributed by atoms with Crippen LogP contribution in [0.2, 0.25) is 0 Å². The first-order valence-corrected chi connectivity index (χ1v) is 3.52. The zero-order chi connectivity index (χ0) is 8.69. The Kier molecular flexibility index (Phi) is 5.47. The Balaban J connectivity index is 3.26. The van der Waals surface area contributed by atoms with Gasteiger partial charge in [-0.25, -0.2) is 4.79 Å². The van der Waals surface area contributed by atoms with Gasteiger partial charge in [0.05, 0.1) is 12.7 Å². The molecule has 0 aromatic heterocycles. The summed E-state index contributed by atoms with van der Waals surface area (Å²) in [6.45, 7) is 5.58. The van der Waals surface area contributed by atoms with Gasteiger partial charge in [-0.3, -0.25) is 0 Å². The van der Waals surface area contributed by atoms with Crippen LogP contribution >= 0.6 is 0 Å². The molecule has 0 aliphatic carbocycles. The van der Waals surface area contributed by atoms with Crippen LogP contribution in [-0.2, 0) is 14.3 Å². The Bertz CT molecular complexity index is 131. The van der Waals surface area contributed by atoms with E-state index in [1.165, 1.54) is 0 Å². The van der Waals surface area contributed by atoms with E-state index >= 15 is 0 Å². The van der Waals surface area contributed by atoms with Gasteiger partial charge in [0, 0.05) is 19.6 Å². The fourth-order valence-corrected chi connectivity index (χ4v) is 0.502. The predicted molar refractivity (Wildman–Crippen MR) is 42.2 cm³/mol. The van der Waals surface area contributed by atoms with Gasteiger partial charge in [0.1, 0.15) is 0 Å². The van der Waals surface area contributed by atoms with Crippen LogP contribution in [0.25, 0.3) is 0 Å². The summed E-state index contributed by atoms with van der Waals surface area (Å²) in [6, 6.07) is 0. The average molecular weight is 158 g/mol. The number of methoxy groups -OCH3 is 1. The summed E-state index contributed by atoms with van der Waals surface area (Å²) in [5, 5.41) is 0. The lowest BCUT2D eigenvalue weighted by Gasteiger charge is -2.07. The summed E-state index contributed by atoms with van der Waals surface area (Å²) in [5.74, 6) is -0.381. The van der Waals surface area contributed by atoms with E-state index in [0.29, 0.717) is 6.61 Å². The number of esters is 1. The first-order valence-electron chi connectivity index (χ1n) is 3.52. The molecule has 0 bridgehead atoms. The summed E-state index contributed by atoms with van der Waals surface area (Å²) < 4.78 is 9.68. The van der Waals surface area contributed by atoms with Crippen molar-refractivity contribution >= 4 is 5.97 Å². The Morgan fingerprint density at radius 2 is 2.36 bits per heavy atom. The smallest absolute Gasteiger partial charge is 0.330 e. The number of carbonyl (C=O) groups excluding carboxylic acids is 1. The maximum absolute atomic E-state index is 10.5. The molecule has 0 amide bonds. The van der Waals surface area contributed by atoms with Gasteiger partial charge >= 0.3 is 5.97 Å². The lowest BCUT2D eigenvalue weighted by Crippen LogP contribution is -2.11. The van der Waals surface area contributed by atoms with Gasteiger partial charge in [-0.15, -0.1) is 0 Å². The van der Waals surface area contributed by atoms with Crippen molar-refractivity contribution in [1.29, 1.82) is 0 Å². The van der Waals surface area contributed by atoms with Gasteiger partial charge in [0.2, 0.25) is 0 Å². The topological polar surface area (TPSA) is 35.5 Å². The number of hydrogen-bond donors (Lipinski definition) is 0. The van der Waals surface area contributed by atoms with Crippen molar-refractivity contribution in [3.8, 4) is 0 Å². The number of hydrogen-bond acceptors (Lipinski definition) is 3. The molecule has 0 aliphatic heterocycles. The second-order valence-corrected chi connectivity index (χ2v) is 2.21. The number of carbonyl (C=O) groups is 1. The number of ether oxygens (including phenoxy) is 2. The average Bonchev–Trinajstić information content (AvgIpc) is 2.04. The highest BCUT2D eigenvalue weighted by Crippen LogP contribution is 1.95. The Labute approximate surface area is 67.0 Å². The summed E-state index contributed by atoms with van der Waals surface area (Å²) >= 11 is 0. The molecule has 0 aromatic rings. The van der Waals surface area contributed by atoms with Crippen LogP contribution in [0.15, 0.2) is 12.7 Å². The van der Waals surface area contributed by atoms with Crippen molar-refractivity contribution in [3.63, 3.8) is 0 Å². The highest BCUT2D eigenvalue weighted by molar-refractivity contribution is 5.81. The molecular formula is C8H14O3. The van der Waals surface area contributed by atoms with Crippen molar-refractivity contribution in [3.05, 3.63) is 12.7 Å². The molecule has 0 spiro atoms. The molecule has 0 heterocycles. The highest BCUT2D eigenvalue weighted by atomic mass is 16.5. The molecule has 3 heteroatoms. The van der Waals surface area contributed by atoms with Gasteiger partial charge in [-0.2, -0.15) is 0 Å². The Morgan fingerprint density at radius 3 is 2.82 bits per heavy atom. The van der Waals surface area contributed by atoms with E-state index in [-0.39, 0.29) is 12.1 Å². The van der Waals surface area contributed by atoms with E-state index in [4.69, 9.17) is 9.47 Å². The molecule has 0 rings (SSSR count). The predicted octanol–water partition coefficient (Wildman–Crippen LogP) is 1.14. The van der Waals surface area contributed by atoms with Gasteiger partial charge in [-0.1, -0.05) is 6.58 Å². The largest absolute Gasteiger partial charge is 0.462 e. The maximum atomic E-state index is 10.5. The zero-order valence-electron chi connectivity index (χ0n) is 7.00. The van der Waals surface area contributed by atoms with Crippen molar-refractivity contribution in [1.82, 2.24) is 0 Å². The molecule has 0 saturated carbocycles. The summed E-state index contributed by atoms with van der Waals surface area (Å²) in [6.07, 6.45) is 2.00. The molecule has 1 unspecified atom stereocenters. The lowest BCUT2D eigenvalue weighted by molar-refractivity contribution is -0.138. The van der Waals surface area contributed by atoms with E-state index in [1.54, 1.807) is 7.11 Å². The van der Waals surface area contributed by atoms with E-state index < -0.39 is 0 Å². The third-order valence-electron chi connectivity index (χ3n) is 1.34. The van der Waals surface area contributed by atoms with Gasteiger partial charge in [-0.05, 0) is 6.92 Å². The van der Waals surface area contributed by atoms with Gasteiger partial charge < -0.3 is 9.47 Å². The molecule has 0 saturated heterocycles. The molecular weight excluding hydrogens is 144 g/mol. The third-order valence-corrected chi connectivity index (χ3v) is 1.34. The van der Waals surface area contributed by atoms with Crippen molar-refractivity contribution in [2.75, 3.05) is 13.7 Å². The van der Waals surface area contributed by atoms with E-state index in [0.717, 1.165) is 12.5 Å². The highest BCUT2D eigenvalue weighted by Gasteiger charge is 2.00. The summed E-state index contributed by atoms with van der Waals surface area (Å²) in [4.78, 5) is 10.5. The first-order chi connectivity index (χ1) is 5.20. The monoisotopic (exact) mass is 158 g/mol. The fourth-order valence-electron chi connectivity index (χ4n) is 0.502. The normalized spacial score (nSPS) is 12.2. The van der Waals surface area contributed by atoms with E-state index in [1.807, 2.05) is 6.92 Å². The first kappa shape index (κ1) is 10.2. The fraction of sp³-hybridized carbons (Fsp3) is 0.625. The standard InChI is InChI=1S/C8H14O3/c1-4-8(9)11-6-5-7(2)10-3/h4,7H,1,5-6H2,2-3H3. The molecule has 0 fully saturated rings. The third kappa shape index (κ3) is 5.61. The minimum atomic E-state index is -0.381. The molecule has 1 atom stereocenters. The molecule has 64 valence electrons. The summed E-state index contributed by atoms with van der Waals surface area (Å²) in [5.41, 5.74) is 0. The molecule has 0 N–H and O–H groups in total. The molecule has 0 radical (unpaired) electrons. The van der Waals surface area contributed by atoms with Crippen molar-refractivity contribution in [2.24, 2.45) is 0 Å². The molecule has 0 aliphatic rings. The Morgan fingerprint density at radius 1 is 1.73 bits per heavy atom. The van der Waals surface area contributed by atoms with Crippen LogP contribution in [-0.4, -0.2) is 25.8 Å². The molecule has 3 nitrogen and oxygen atoms in total. The van der Waals surface area contributed by atoms with Crippen LogP contribution in [0.5, 0.6) is 0 Å². The van der Waals surface area contributed by atoms with E-state index in [2.05, 4.69) is 6.58 Å². The molecule has 0 aromatic carbocycles. The van der Waals surface area contributed by atoms with Crippen LogP contribution in [0.3, 0.4) is 0 Å². The second kappa shape index (κ2) is 5.92. The van der Waals surface area contributed by atoms with Crippen LogP contribution < -0.4 is 0 Å². The zero-order valence-corrected chi connectivity index (χ0v) is 7.00. The van der Waals surface area contributed by atoms with Gasteiger partial charge in [0.25, 0.3) is 0 Å². The quantitative estimate of drug-likeness (QED) is 0.444. The minimum absolute atomic E-state index is 0.132. The Hall–Kier alpha value is -0.830. The van der Waals surface area contributed by atoms with Crippen LogP contribution in [0.1, 0.15) is 13.3 Å². The van der Waals surface area contributed by atoms with E-state index in [9.17, 15) is 4.79 Å². The second-order valence-electron chi connectivity index (χ2n) is 2.21. The SMILES string of the molecule is C=CC(=O)OCCC(C)OC. The van der Waals surface area contributed by atoms with Gasteiger partial charge in [0.15, 0.2) is 0 Å². The maximum Gasteiger partial charge on any atom is 0.330 e. The summed E-state index contributed by atoms with van der Waals surface area (Å²) in [7, 11) is 1.62. The van der Waals surface area contributed by atoms with Crippen molar-refractivity contribution in [2.45, 2.75) is 19.4 Å². The number of rotatable bonds is 5. The van der Waals surface area contributed by atoms with Crippen LogP contribution in [0.4, 0.5) is 0 Å². The van der Waals surface area contributed by atoms with Crippen molar-refractivity contribution < 1.29 is 14.3 Å². The van der Waals surface area contributed by atoms with Crippen LogP contribution in [0, 0.1) is 0 Å².